The van der Waals surface area contributed by atoms with Gasteiger partial charge in [0.1, 0.15) is 5.60 Å². The Kier molecular flexibility index (Phi) is 5.45. The maximum absolute atomic E-state index is 12.2. The molecule has 0 bridgehead atoms. The van der Waals surface area contributed by atoms with E-state index in [1.807, 2.05) is 52.0 Å². The largest absolute Gasteiger partial charge is 0.444 e. The van der Waals surface area contributed by atoms with Crippen LogP contribution in [0.3, 0.4) is 0 Å². The number of hydrogen-bond donors (Lipinski definition) is 1. The van der Waals surface area contributed by atoms with Crippen LogP contribution in [0.5, 0.6) is 0 Å². The monoisotopic (exact) mass is 385 g/mol. The van der Waals surface area contributed by atoms with Gasteiger partial charge in [0.2, 0.25) is 5.91 Å². The molecule has 0 aromatic heterocycles. The minimum absolute atomic E-state index is 0.238. The van der Waals surface area contributed by atoms with Crippen molar-refractivity contribution in [2.75, 3.05) is 24.5 Å². The van der Waals surface area contributed by atoms with Crippen molar-refractivity contribution in [1.82, 2.24) is 10.2 Å². The molecule has 28 heavy (non-hydrogen) atoms. The van der Waals surface area contributed by atoms with E-state index in [1.54, 1.807) is 9.80 Å². The van der Waals surface area contributed by atoms with Gasteiger partial charge in [-0.1, -0.05) is 12.1 Å². The van der Waals surface area contributed by atoms with Gasteiger partial charge in [0.25, 0.3) is 0 Å². The molecule has 7 heteroatoms. The van der Waals surface area contributed by atoms with Crippen molar-refractivity contribution in [2.45, 2.75) is 46.1 Å². The normalized spacial score (nSPS) is 17.9. The summed E-state index contributed by atoms with van der Waals surface area (Å²) >= 11 is 0. The van der Waals surface area contributed by atoms with Gasteiger partial charge in [-0.25, -0.2) is 9.59 Å². The minimum atomic E-state index is -0.501. The van der Waals surface area contributed by atoms with Gasteiger partial charge in [0.05, 0.1) is 0 Å². The van der Waals surface area contributed by atoms with Gasteiger partial charge in [-0.3, -0.25) is 15.0 Å². The van der Waals surface area contributed by atoms with Gasteiger partial charge in [0.15, 0.2) is 0 Å². The fraction of sp³-hybridized carbons (Fsp3) is 0.476. The number of carbonyl (C=O) groups is 3. The third-order valence-corrected chi connectivity index (χ3v) is 4.77. The van der Waals surface area contributed by atoms with Crippen molar-refractivity contribution in [3.63, 3.8) is 0 Å². The summed E-state index contributed by atoms with van der Waals surface area (Å²) in [6.07, 6.45) is 2.81. The van der Waals surface area contributed by atoms with Gasteiger partial charge < -0.3 is 9.64 Å². The van der Waals surface area contributed by atoms with E-state index in [2.05, 4.69) is 5.32 Å². The quantitative estimate of drug-likeness (QED) is 0.845. The molecule has 2 aliphatic rings. The van der Waals surface area contributed by atoms with Crippen LogP contribution in [-0.4, -0.2) is 48.2 Å². The number of hydrogen-bond acceptors (Lipinski definition) is 4. The first-order chi connectivity index (χ1) is 13.1. The second-order valence-corrected chi connectivity index (χ2v) is 8.16. The van der Waals surface area contributed by atoms with E-state index in [0.29, 0.717) is 26.1 Å². The van der Waals surface area contributed by atoms with Crippen molar-refractivity contribution >= 4 is 29.3 Å². The highest BCUT2D eigenvalue weighted by molar-refractivity contribution is 6.06. The van der Waals surface area contributed by atoms with Crippen LogP contribution >= 0.6 is 0 Å². The Morgan fingerprint density at radius 2 is 1.89 bits per heavy atom. The highest BCUT2D eigenvalue weighted by atomic mass is 16.6. The van der Waals surface area contributed by atoms with E-state index < -0.39 is 5.60 Å². The van der Waals surface area contributed by atoms with Crippen LogP contribution in [0, 0.1) is 6.92 Å². The smallest absolute Gasteiger partial charge is 0.410 e. The standard InChI is InChI=1S/C21H27N3O4/c1-14-13-16(5-6-17(14)24-12-9-18(25)22-19(24)26)15-7-10-23(11-8-15)20(27)28-21(2,3)4/h5-7,13H,8-12H2,1-4H3,(H,22,25,26). The zero-order valence-electron chi connectivity index (χ0n) is 16.9. The molecule has 7 nitrogen and oxygen atoms in total. The van der Waals surface area contributed by atoms with E-state index in [4.69, 9.17) is 4.74 Å². The molecule has 3 rings (SSSR count). The first kappa shape index (κ1) is 19.9. The molecular weight excluding hydrogens is 358 g/mol. The number of amides is 4. The summed E-state index contributed by atoms with van der Waals surface area (Å²) in [5.74, 6) is -0.238. The predicted octanol–water partition coefficient (Wildman–Crippen LogP) is 3.47. The van der Waals surface area contributed by atoms with Gasteiger partial charge in [-0.05, 0) is 62.9 Å². The number of anilines is 1. The Morgan fingerprint density at radius 3 is 2.46 bits per heavy atom. The van der Waals surface area contributed by atoms with E-state index in [-0.39, 0.29) is 18.0 Å². The number of ether oxygens (including phenoxy) is 1. The molecule has 2 heterocycles. The highest BCUT2D eigenvalue weighted by Gasteiger charge is 2.26. The Morgan fingerprint density at radius 1 is 1.14 bits per heavy atom. The maximum Gasteiger partial charge on any atom is 0.410 e. The fourth-order valence-electron chi connectivity index (χ4n) is 3.38. The third-order valence-electron chi connectivity index (χ3n) is 4.77. The summed E-state index contributed by atoms with van der Waals surface area (Å²) in [5.41, 5.74) is 3.53. The summed E-state index contributed by atoms with van der Waals surface area (Å²) in [7, 11) is 0. The SMILES string of the molecule is Cc1cc(C2=CCN(C(=O)OC(C)(C)C)CC2)ccc1N1CCC(=O)NC1=O. The van der Waals surface area contributed by atoms with Crippen LogP contribution in [0.1, 0.15) is 44.7 Å². The van der Waals surface area contributed by atoms with Gasteiger partial charge >= 0.3 is 12.1 Å². The molecule has 1 N–H and O–H groups in total. The first-order valence-electron chi connectivity index (χ1n) is 9.53. The van der Waals surface area contributed by atoms with Crippen LogP contribution in [0.25, 0.3) is 5.57 Å². The Hall–Kier alpha value is -2.83. The maximum atomic E-state index is 12.2. The molecule has 0 spiro atoms. The van der Waals surface area contributed by atoms with E-state index in [0.717, 1.165) is 23.2 Å². The molecule has 0 unspecified atom stereocenters. The second kappa shape index (κ2) is 7.66. The zero-order chi connectivity index (χ0) is 20.5. The molecule has 0 aliphatic carbocycles. The van der Waals surface area contributed by atoms with Crippen molar-refractivity contribution in [3.05, 3.63) is 35.4 Å². The summed E-state index contributed by atoms with van der Waals surface area (Å²) in [5, 5.41) is 2.35. The van der Waals surface area contributed by atoms with Crippen LogP contribution in [0.2, 0.25) is 0 Å². The van der Waals surface area contributed by atoms with E-state index >= 15 is 0 Å². The highest BCUT2D eigenvalue weighted by Crippen LogP contribution is 2.29. The van der Waals surface area contributed by atoms with Gasteiger partial charge in [0, 0.05) is 31.7 Å². The number of urea groups is 1. The first-order valence-corrected chi connectivity index (χ1v) is 9.53. The van der Waals surface area contributed by atoms with Crippen molar-refractivity contribution in [1.29, 1.82) is 0 Å². The molecule has 2 aliphatic heterocycles. The average molecular weight is 385 g/mol. The molecule has 1 aromatic rings. The molecule has 1 fully saturated rings. The molecule has 0 atom stereocenters. The molecule has 1 saturated heterocycles. The number of carbonyl (C=O) groups excluding carboxylic acids is 3. The lowest BCUT2D eigenvalue weighted by Crippen LogP contribution is -2.49. The summed E-state index contributed by atoms with van der Waals surface area (Å²) in [6.45, 7) is 9.05. The summed E-state index contributed by atoms with van der Waals surface area (Å²) < 4.78 is 5.43. The topological polar surface area (TPSA) is 79.0 Å². The Balaban J connectivity index is 1.70. The van der Waals surface area contributed by atoms with Crippen LogP contribution < -0.4 is 10.2 Å². The molecular formula is C21H27N3O4. The number of aryl methyl sites for hydroxylation is 1. The van der Waals surface area contributed by atoms with Crippen molar-refractivity contribution in [2.24, 2.45) is 0 Å². The number of imide groups is 1. The molecule has 0 saturated carbocycles. The predicted molar refractivity (Wildman–Crippen MR) is 107 cm³/mol. The Bertz CT molecular complexity index is 839. The number of benzene rings is 1. The molecule has 1 aromatic carbocycles. The summed E-state index contributed by atoms with van der Waals surface area (Å²) in [4.78, 5) is 38.9. The van der Waals surface area contributed by atoms with E-state index in [9.17, 15) is 14.4 Å². The van der Waals surface area contributed by atoms with Crippen LogP contribution in [0.4, 0.5) is 15.3 Å². The number of nitrogens with one attached hydrogen (secondary N) is 1. The fourth-order valence-corrected chi connectivity index (χ4v) is 3.38. The van der Waals surface area contributed by atoms with Gasteiger partial charge in [-0.15, -0.1) is 0 Å². The minimum Gasteiger partial charge on any atom is -0.444 e. The van der Waals surface area contributed by atoms with Gasteiger partial charge in [-0.2, -0.15) is 0 Å². The van der Waals surface area contributed by atoms with Crippen LogP contribution in [0.15, 0.2) is 24.3 Å². The molecule has 150 valence electrons. The number of nitrogens with zero attached hydrogens (tertiary/aromatic N) is 2. The summed E-state index contributed by atoms with van der Waals surface area (Å²) in [6, 6.07) is 5.58. The van der Waals surface area contributed by atoms with Crippen molar-refractivity contribution < 1.29 is 19.1 Å². The lowest BCUT2D eigenvalue weighted by atomic mass is 9.97. The van der Waals surface area contributed by atoms with Crippen molar-refractivity contribution in [3.8, 4) is 0 Å². The lowest BCUT2D eigenvalue weighted by molar-refractivity contribution is -0.120. The van der Waals surface area contributed by atoms with Crippen LogP contribution in [-0.2, 0) is 9.53 Å². The third kappa shape index (κ3) is 4.52. The molecule has 4 amide bonds. The lowest BCUT2D eigenvalue weighted by Gasteiger charge is -2.30. The zero-order valence-corrected chi connectivity index (χ0v) is 16.9. The Labute approximate surface area is 165 Å². The second-order valence-electron chi connectivity index (χ2n) is 8.16. The van der Waals surface area contributed by atoms with E-state index in [1.165, 1.54) is 5.57 Å². The molecule has 0 radical (unpaired) electrons. The number of rotatable bonds is 2. The average Bonchev–Trinajstić information content (AvgIpc) is 2.61.